The first-order valence-corrected chi connectivity index (χ1v) is 27.9. The van der Waals surface area contributed by atoms with Crippen LogP contribution in [0.2, 0.25) is 0 Å². The van der Waals surface area contributed by atoms with Gasteiger partial charge in [0.05, 0.1) is 56.9 Å². The molecule has 4 heterocycles. The summed E-state index contributed by atoms with van der Waals surface area (Å²) in [5, 5.41) is 0. The van der Waals surface area contributed by atoms with Crippen LogP contribution in [-0.2, 0) is 0 Å². The number of fused-ring (bicyclic) bond motifs is 2. The van der Waals surface area contributed by atoms with Gasteiger partial charge in [0.1, 0.15) is 5.82 Å². The average Bonchev–Trinajstić information content (AvgIpc) is 2.40. The van der Waals surface area contributed by atoms with E-state index in [1.54, 1.807) is 0 Å². The van der Waals surface area contributed by atoms with Crippen LogP contribution in [0.5, 0.6) is 0 Å². The third kappa shape index (κ3) is 9.68. The summed E-state index contributed by atoms with van der Waals surface area (Å²) in [6.45, 7) is 6.61. The van der Waals surface area contributed by atoms with Gasteiger partial charge in [-0.2, -0.15) is 0 Å². The van der Waals surface area contributed by atoms with E-state index in [9.17, 15) is 0 Å². The predicted molar refractivity (Wildman–Crippen MR) is 339 cm³/mol. The molecule has 0 spiro atoms. The Morgan fingerprint density at radius 1 is 0.241 bits per heavy atom. The molecule has 0 unspecified atom stereocenters. The first kappa shape index (κ1) is 50.3. The molecule has 13 aromatic rings. The summed E-state index contributed by atoms with van der Waals surface area (Å²) in [5.74, 6) is 2.61. The summed E-state index contributed by atoms with van der Waals surface area (Å²) in [6.07, 6.45) is 0. The third-order valence-electron chi connectivity index (χ3n) is 15.3. The molecule has 1 aliphatic rings. The van der Waals surface area contributed by atoms with Crippen LogP contribution >= 0.6 is 0 Å². The van der Waals surface area contributed by atoms with Crippen molar-refractivity contribution in [2.24, 2.45) is 0 Å². The highest BCUT2D eigenvalue weighted by Crippen LogP contribution is 2.57. The molecular formula is C75H54N8. The minimum atomic E-state index is 0.612. The number of aryl methyl sites for hydroxylation is 3. The zero-order valence-electron chi connectivity index (χ0n) is 46.1. The van der Waals surface area contributed by atoms with Crippen molar-refractivity contribution in [1.82, 2.24) is 29.9 Å². The second kappa shape index (κ2) is 21.6. The molecule has 0 saturated carbocycles. The van der Waals surface area contributed by atoms with Crippen LogP contribution in [0.4, 0.5) is 34.3 Å². The van der Waals surface area contributed by atoms with Crippen molar-refractivity contribution < 1.29 is 0 Å². The van der Waals surface area contributed by atoms with E-state index in [-0.39, 0.29) is 0 Å². The largest absolute Gasteiger partial charge is 0.306 e. The topological polar surface area (TPSA) is 83.8 Å². The lowest BCUT2D eigenvalue weighted by Crippen LogP contribution is -2.25. The van der Waals surface area contributed by atoms with Gasteiger partial charge < -0.3 is 4.90 Å². The van der Waals surface area contributed by atoms with Crippen LogP contribution in [0, 0.1) is 20.8 Å². The number of hydrogen-bond donors (Lipinski definition) is 0. The average molecular weight is 1070 g/mol. The number of rotatable bonds is 11. The molecule has 0 atom stereocenters. The molecule has 0 N–H and O–H groups in total. The van der Waals surface area contributed by atoms with Gasteiger partial charge in [-0.15, -0.1) is 0 Å². The molecule has 10 aromatic carbocycles. The minimum Gasteiger partial charge on any atom is -0.306 e. The van der Waals surface area contributed by atoms with E-state index < -0.39 is 0 Å². The monoisotopic (exact) mass is 1070 g/mol. The normalized spacial score (nSPS) is 11.7. The van der Waals surface area contributed by atoms with E-state index in [0.29, 0.717) is 17.5 Å². The number of nitrogens with zero attached hydrogens (tertiary/aromatic N) is 8. The standard InChI is InChI=1S/C75H54N8/c1-49-42-50(2)72(51(3)43-49)59-45-70(82-66-38-22-24-40-68(66)83(69-41-25-23-39-67(69)82)71-48-63(54-30-14-6-15-31-54)78-75(81-71)57-36-20-9-21-37-57)60(65-47-62(53-28-12-5-13-29-53)77-74(80-65)56-34-18-8-19-35-56)44-58(59)64-46-61(52-26-10-4-11-27-52)76-73(79-64)55-32-16-7-17-33-55/h4-48H,1-3H3. The zero-order valence-corrected chi connectivity index (χ0v) is 46.1. The molecule has 394 valence electrons. The molecular weight excluding hydrogens is 1010 g/mol. The second-order valence-electron chi connectivity index (χ2n) is 20.9. The van der Waals surface area contributed by atoms with E-state index in [2.05, 4.69) is 231 Å². The number of anilines is 6. The van der Waals surface area contributed by atoms with Crippen molar-refractivity contribution in [2.45, 2.75) is 20.8 Å². The Kier molecular flexibility index (Phi) is 13.1. The van der Waals surface area contributed by atoms with Gasteiger partial charge in [-0.25, -0.2) is 29.9 Å². The van der Waals surface area contributed by atoms with E-state index in [1.807, 2.05) is 72.8 Å². The Morgan fingerprint density at radius 3 is 0.976 bits per heavy atom. The number of hydrogen-bond acceptors (Lipinski definition) is 8. The van der Waals surface area contributed by atoms with E-state index in [1.165, 1.54) is 5.56 Å². The first-order valence-electron chi connectivity index (χ1n) is 27.9. The summed E-state index contributed by atoms with van der Waals surface area (Å²) in [4.78, 5) is 37.1. The maximum atomic E-state index is 5.62. The molecule has 1 aliphatic heterocycles. The Hall–Kier alpha value is -11.0. The van der Waals surface area contributed by atoms with Gasteiger partial charge in [0.15, 0.2) is 17.5 Å². The smallest absolute Gasteiger partial charge is 0.162 e. The van der Waals surface area contributed by atoms with E-state index in [4.69, 9.17) is 29.9 Å². The summed E-state index contributed by atoms with van der Waals surface area (Å²) in [5.41, 5.74) is 21.8. The fourth-order valence-corrected chi connectivity index (χ4v) is 11.6. The molecule has 3 aromatic heterocycles. The Balaban J connectivity index is 1.09. The highest BCUT2D eigenvalue weighted by Gasteiger charge is 2.34. The first-order chi connectivity index (χ1) is 40.9. The summed E-state index contributed by atoms with van der Waals surface area (Å²) in [7, 11) is 0. The zero-order chi connectivity index (χ0) is 55.8. The molecule has 8 heteroatoms. The molecule has 0 saturated heterocycles. The van der Waals surface area contributed by atoms with Gasteiger partial charge in [-0.05, 0) is 91.6 Å². The van der Waals surface area contributed by atoms with E-state index >= 15 is 0 Å². The van der Waals surface area contributed by atoms with Crippen LogP contribution in [0.1, 0.15) is 16.7 Å². The van der Waals surface area contributed by atoms with Crippen molar-refractivity contribution in [3.05, 3.63) is 290 Å². The van der Waals surface area contributed by atoms with Gasteiger partial charge >= 0.3 is 0 Å². The minimum absolute atomic E-state index is 0.612. The Morgan fingerprint density at radius 2 is 0.566 bits per heavy atom. The van der Waals surface area contributed by atoms with Gasteiger partial charge in [0.2, 0.25) is 0 Å². The van der Waals surface area contributed by atoms with Crippen molar-refractivity contribution in [3.8, 4) is 102 Å². The van der Waals surface area contributed by atoms with Crippen molar-refractivity contribution >= 4 is 34.3 Å². The highest BCUT2D eigenvalue weighted by atomic mass is 15.3. The van der Waals surface area contributed by atoms with Crippen LogP contribution in [0.3, 0.4) is 0 Å². The van der Waals surface area contributed by atoms with Gasteiger partial charge in [-0.1, -0.05) is 224 Å². The summed E-state index contributed by atoms with van der Waals surface area (Å²) in [6, 6.07) is 94.8. The maximum absolute atomic E-state index is 5.62. The summed E-state index contributed by atoms with van der Waals surface area (Å²) >= 11 is 0. The molecule has 14 rings (SSSR count). The second-order valence-corrected chi connectivity index (χ2v) is 20.9. The van der Waals surface area contributed by atoms with Gasteiger partial charge in [0, 0.05) is 50.6 Å². The van der Waals surface area contributed by atoms with Gasteiger partial charge in [-0.3, -0.25) is 4.90 Å². The van der Waals surface area contributed by atoms with Gasteiger partial charge in [0.25, 0.3) is 0 Å². The Bertz CT molecular complexity index is 4280. The van der Waals surface area contributed by atoms with Crippen molar-refractivity contribution in [2.75, 3.05) is 9.80 Å². The van der Waals surface area contributed by atoms with Crippen molar-refractivity contribution in [1.29, 1.82) is 0 Å². The quantitative estimate of drug-likeness (QED) is 0.127. The lowest BCUT2D eigenvalue weighted by molar-refractivity contribution is 1.09. The molecule has 0 bridgehead atoms. The third-order valence-corrected chi connectivity index (χ3v) is 15.3. The molecule has 0 fully saturated rings. The molecule has 0 amide bonds. The SMILES string of the molecule is Cc1cc(C)c(-c2cc(N3c4ccccc4N(c4cc(-c5ccccc5)nc(-c5ccccc5)n4)c4ccccc43)c(-c3cc(-c4ccccc4)nc(-c4ccccc4)n3)cc2-c2cc(-c3ccccc3)nc(-c3ccccc3)n2)c(C)c1. The molecule has 0 aliphatic carbocycles. The lowest BCUT2D eigenvalue weighted by atomic mass is 9.86. The van der Waals surface area contributed by atoms with Crippen LogP contribution in [0.15, 0.2) is 273 Å². The van der Waals surface area contributed by atoms with Crippen LogP contribution in [0.25, 0.3) is 102 Å². The predicted octanol–water partition coefficient (Wildman–Crippen LogP) is 19.2. The summed E-state index contributed by atoms with van der Waals surface area (Å²) < 4.78 is 0. The van der Waals surface area contributed by atoms with E-state index in [0.717, 1.165) is 129 Å². The number of benzene rings is 10. The molecule has 83 heavy (non-hydrogen) atoms. The lowest BCUT2D eigenvalue weighted by Gasteiger charge is -2.40. The van der Waals surface area contributed by atoms with Crippen LogP contribution in [-0.4, -0.2) is 29.9 Å². The van der Waals surface area contributed by atoms with Crippen LogP contribution < -0.4 is 9.80 Å². The fraction of sp³-hybridized carbons (Fsp3) is 0.0400. The molecule has 8 nitrogen and oxygen atoms in total. The number of aromatic nitrogens is 6. The number of para-hydroxylation sites is 4. The van der Waals surface area contributed by atoms with Crippen molar-refractivity contribution in [3.63, 3.8) is 0 Å². The fourth-order valence-electron chi connectivity index (χ4n) is 11.6. The Labute approximate surface area is 483 Å². The molecule has 0 radical (unpaired) electrons. The highest BCUT2D eigenvalue weighted by molar-refractivity contribution is 6.06. The maximum Gasteiger partial charge on any atom is 0.162 e.